The van der Waals surface area contributed by atoms with Crippen LogP contribution in [-0.4, -0.2) is 30.8 Å². The minimum Gasteiger partial charge on any atom is -0.348 e. The number of imidazole rings is 1. The maximum atomic E-state index is 12.5. The number of hydrogen-bond donors (Lipinski definition) is 3. The molecule has 0 atom stereocenters. The second kappa shape index (κ2) is 9.06. The van der Waals surface area contributed by atoms with Crippen LogP contribution in [0.3, 0.4) is 0 Å². The molecule has 4 aromatic rings. The van der Waals surface area contributed by atoms with Crippen molar-refractivity contribution in [3.05, 3.63) is 83.9 Å². The van der Waals surface area contributed by atoms with E-state index in [-0.39, 0.29) is 22.9 Å². The second-order valence-corrected chi connectivity index (χ2v) is 8.81. The van der Waals surface area contributed by atoms with Crippen molar-refractivity contribution >= 4 is 27.0 Å². The van der Waals surface area contributed by atoms with Gasteiger partial charge in [0.1, 0.15) is 5.82 Å². The molecule has 7 nitrogen and oxygen atoms in total. The van der Waals surface area contributed by atoms with Gasteiger partial charge < -0.3 is 10.3 Å². The standard InChI is InChI=1S/C24H20N4O3S/c1-2-14-26-32(30,31)20-7-5-6-19(15-20)24(29)25-16-17-10-12-18(13-11-17)23-27-21-8-3-4-9-22(21)28-23/h1,3-13,15,26H,14,16H2,(H,25,29)(H,27,28). The van der Waals surface area contributed by atoms with Crippen LogP contribution in [0.1, 0.15) is 15.9 Å². The molecule has 32 heavy (non-hydrogen) atoms. The number of nitrogens with one attached hydrogen (secondary N) is 3. The van der Waals surface area contributed by atoms with E-state index >= 15 is 0 Å². The third-order valence-electron chi connectivity index (χ3n) is 4.84. The van der Waals surface area contributed by atoms with Gasteiger partial charge in [-0.05, 0) is 35.9 Å². The van der Waals surface area contributed by atoms with Crippen LogP contribution in [0, 0.1) is 12.3 Å². The smallest absolute Gasteiger partial charge is 0.251 e. The average Bonchev–Trinajstić information content (AvgIpc) is 3.26. The SMILES string of the molecule is C#CCNS(=O)(=O)c1cccc(C(=O)NCc2ccc(-c3nc4ccccc4[nH]3)cc2)c1. The highest BCUT2D eigenvalue weighted by Crippen LogP contribution is 2.20. The second-order valence-electron chi connectivity index (χ2n) is 7.04. The number of H-pyrrole nitrogens is 1. The Bertz CT molecular complexity index is 1380. The normalized spacial score (nSPS) is 11.2. The lowest BCUT2D eigenvalue weighted by molar-refractivity contribution is 0.0950. The molecule has 0 bridgehead atoms. The van der Waals surface area contributed by atoms with E-state index in [1.165, 1.54) is 18.2 Å². The summed E-state index contributed by atoms with van der Waals surface area (Å²) in [5.74, 6) is 2.62. The van der Waals surface area contributed by atoms with Gasteiger partial charge in [-0.2, -0.15) is 4.72 Å². The van der Waals surface area contributed by atoms with Crippen molar-refractivity contribution in [2.75, 3.05) is 6.54 Å². The molecule has 1 aromatic heterocycles. The number of aromatic amines is 1. The van der Waals surface area contributed by atoms with Gasteiger partial charge in [-0.25, -0.2) is 13.4 Å². The summed E-state index contributed by atoms with van der Waals surface area (Å²) >= 11 is 0. The van der Waals surface area contributed by atoms with Crippen LogP contribution < -0.4 is 10.0 Å². The lowest BCUT2D eigenvalue weighted by atomic mass is 10.1. The van der Waals surface area contributed by atoms with Crippen molar-refractivity contribution < 1.29 is 13.2 Å². The van der Waals surface area contributed by atoms with Gasteiger partial charge in [-0.15, -0.1) is 6.42 Å². The van der Waals surface area contributed by atoms with Gasteiger partial charge in [-0.3, -0.25) is 4.79 Å². The summed E-state index contributed by atoms with van der Waals surface area (Å²) < 4.78 is 26.7. The van der Waals surface area contributed by atoms with Crippen molar-refractivity contribution in [3.63, 3.8) is 0 Å². The van der Waals surface area contributed by atoms with Gasteiger partial charge in [0, 0.05) is 17.7 Å². The number of fused-ring (bicyclic) bond motifs is 1. The maximum absolute atomic E-state index is 12.5. The fourth-order valence-electron chi connectivity index (χ4n) is 3.18. The molecule has 1 amide bonds. The molecule has 1 heterocycles. The summed E-state index contributed by atoms with van der Waals surface area (Å²) in [6, 6.07) is 21.3. The largest absolute Gasteiger partial charge is 0.348 e. The van der Waals surface area contributed by atoms with E-state index in [0.29, 0.717) is 6.54 Å². The van der Waals surface area contributed by atoms with E-state index in [2.05, 4.69) is 25.9 Å². The molecule has 0 unspecified atom stereocenters. The molecule has 0 saturated carbocycles. The highest BCUT2D eigenvalue weighted by Gasteiger charge is 2.15. The Hall–Kier alpha value is -3.93. The van der Waals surface area contributed by atoms with Crippen LogP contribution >= 0.6 is 0 Å². The van der Waals surface area contributed by atoms with E-state index in [1.807, 2.05) is 48.5 Å². The quantitative estimate of drug-likeness (QED) is 0.381. The molecule has 3 aromatic carbocycles. The average molecular weight is 445 g/mol. The fourth-order valence-corrected chi connectivity index (χ4v) is 4.16. The maximum Gasteiger partial charge on any atom is 0.251 e. The van der Waals surface area contributed by atoms with Gasteiger partial charge in [-0.1, -0.05) is 48.4 Å². The lowest BCUT2D eigenvalue weighted by Gasteiger charge is -2.08. The zero-order valence-electron chi connectivity index (χ0n) is 17.0. The number of aromatic nitrogens is 2. The minimum absolute atomic E-state index is 0.0180. The molecule has 0 aliphatic rings. The number of terminal acetylenes is 1. The molecular formula is C24H20N4O3S. The monoisotopic (exact) mass is 444 g/mol. The van der Waals surface area contributed by atoms with Crippen molar-refractivity contribution in [3.8, 4) is 23.7 Å². The predicted molar refractivity (Wildman–Crippen MR) is 123 cm³/mol. The fraction of sp³-hybridized carbons (Fsp3) is 0.0833. The topological polar surface area (TPSA) is 104 Å². The summed E-state index contributed by atoms with van der Waals surface area (Å²) in [5, 5.41) is 2.81. The molecule has 0 radical (unpaired) electrons. The molecule has 0 aliphatic carbocycles. The molecule has 160 valence electrons. The van der Waals surface area contributed by atoms with Gasteiger partial charge in [0.15, 0.2) is 0 Å². The molecule has 0 aliphatic heterocycles. The Balaban J connectivity index is 1.42. The molecule has 0 saturated heterocycles. The van der Waals surface area contributed by atoms with Crippen LogP contribution in [-0.2, 0) is 16.6 Å². The number of hydrogen-bond acceptors (Lipinski definition) is 4. The van der Waals surface area contributed by atoms with Crippen LogP contribution in [0.5, 0.6) is 0 Å². The predicted octanol–water partition coefficient (Wildman–Crippen LogP) is 3.07. The summed E-state index contributed by atoms with van der Waals surface area (Å²) in [5.41, 5.74) is 3.95. The molecule has 3 N–H and O–H groups in total. The van der Waals surface area contributed by atoms with Crippen LogP contribution in [0.15, 0.2) is 77.7 Å². The Morgan fingerprint density at radius 3 is 2.56 bits per heavy atom. The minimum atomic E-state index is -3.77. The van der Waals surface area contributed by atoms with Crippen molar-refractivity contribution in [1.29, 1.82) is 0 Å². The van der Waals surface area contributed by atoms with Gasteiger partial charge >= 0.3 is 0 Å². The van der Waals surface area contributed by atoms with Crippen LogP contribution in [0.25, 0.3) is 22.4 Å². The zero-order valence-corrected chi connectivity index (χ0v) is 17.8. The number of carbonyl (C=O) groups excluding carboxylic acids is 1. The highest BCUT2D eigenvalue weighted by atomic mass is 32.2. The van der Waals surface area contributed by atoms with Crippen molar-refractivity contribution in [1.82, 2.24) is 20.0 Å². The van der Waals surface area contributed by atoms with Gasteiger partial charge in [0.05, 0.1) is 22.5 Å². The van der Waals surface area contributed by atoms with Gasteiger partial charge in [0.25, 0.3) is 5.91 Å². The molecule has 0 fully saturated rings. The third-order valence-corrected chi connectivity index (χ3v) is 6.24. The van der Waals surface area contributed by atoms with E-state index < -0.39 is 10.0 Å². The summed E-state index contributed by atoms with van der Waals surface area (Å²) in [6.45, 7) is 0.175. The number of sulfonamides is 1. The molecular weight excluding hydrogens is 424 g/mol. The van der Waals surface area contributed by atoms with E-state index in [1.54, 1.807) is 6.07 Å². The number of para-hydroxylation sites is 2. The number of rotatable bonds is 7. The van der Waals surface area contributed by atoms with Crippen LogP contribution in [0.2, 0.25) is 0 Å². The first kappa shape index (κ1) is 21.3. The third kappa shape index (κ3) is 4.70. The first-order valence-electron chi connectivity index (χ1n) is 9.82. The number of nitrogens with zero attached hydrogens (tertiary/aromatic N) is 1. The first-order valence-corrected chi connectivity index (χ1v) is 11.3. The Kier molecular flexibility index (Phi) is 6.03. The Labute approximate surface area is 186 Å². The van der Waals surface area contributed by atoms with E-state index in [4.69, 9.17) is 6.42 Å². The molecule has 8 heteroatoms. The van der Waals surface area contributed by atoms with E-state index in [0.717, 1.165) is 28.0 Å². The summed E-state index contributed by atoms with van der Waals surface area (Å²) in [4.78, 5) is 20.4. The number of carbonyl (C=O) groups is 1. The zero-order chi connectivity index (χ0) is 22.6. The highest BCUT2D eigenvalue weighted by molar-refractivity contribution is 7.89. The number of benzene rings is 3. The summed E-state index contributed by atoms with van der Waals surface area (Å²) in [6.07, 6.45) is 5.10. The van der Waals surface area contributed by atoms with Crippen LogP contribution in [0.4, 0.5) is 0 Å². The van der Waals surface area contributed by atoms with E-state index in [9.17, 15) is 13.2 Å². The summed E-state index contributed by atoms with van der Waals surface area (Å²) in [7, 11) is -3.77. The van der Waals surface area contributed by atoms with Crippen molar-refractivity contribution in [2.45, 2.75) is 11.4 Å². The molecule has 0 spiro atoms. The Morgan fingerprint density at radius 1 is 1.03 bits per heavy atom. The number of amides is 1. The first-order chi connectivity index (χ1) is 15.5. The van der Waals surface area contributed by atoms with Gasteiger partial charge in [0.2, 0.25) is 10.0 Å². The Morgan fingerprint density at radius 2 is 1.81 bits per heavy atom. The molecule has 4 rings (SSSR count). The lowest BCUT2D eigenvalue weighted by Crippen LogP contribution is -2.25. The van der Waals surface area contributed by atoms with Crippen molar-refractivity contribution in [2.24, 2.45) is 0 Å².